The predicted octanol–water partition coefficient (Wildman–Crippen LogP) is 3.56. The Bertz CT molecular complexity index is 734. The number of hydrogen-bond acceptors (Lipinski definition) is 3. The molecule has 2 aromatic rings. The summed E-state index contributed by atoms with van der Waals surface area (Å²) in [5.41, 5.74) is 1.90. The molecule has 2 fully saturated rings. The lowest BCUT2D eigenvalue weighted by Gasteiger charge is -2.36. The fraction of sp³-hybridized carbons (Fsp3) is 0.455. The van der Waals surface area contributed by atoms with Crippen LogP contribution in [-0.2, 0) is 0 Å². The first-order chi connectivity index (χ1) is 12.8. The highest BCUT2D eigenvalue weighted by Crippen LogP contribution is 2.39. The number of benzene rings is 1. The molecular formula is C22H27N3O. The largest absolute Gasteiger partial charge is 0.332 e. The first kappa shape index (κ1) is 17.2. The molecule has 0 bridgehead atoms. The number of likely N-dealkylation sites (tertiary alicyclic amines) is 2. The van der Waals surface area contributed by atoms with Gasteiger partial charge in [-0.05, 0) is 44.1 Å². The van der Waals surface area contributed by atoms with Gasteiger partial charge in [0.2, 0.25) is 0 Å². The molecule has 2 aliphatic rings. The maximum absolute atomic E-state index is 13.2. The van der Waals surface area contributed by atoms with E-state index in [0.717, 1.165) is 19.5 Å². The first-order valence-electron chi connectivity index (χ1n) is 9.73. The van der Waals surface area contributed by atoms with E-state index in [-0.39, 0.29) is 11.9 Å². The Morgan fingerprint density at radius 3 is 2.62 bits per heavy atom. The highest BCUT2D eigenvalue weighted by molar-refractivity contribution is 5.92. The lowest BCUT2D eigenvalue weighted by atomic mass is 9.87. The van der Waals surface area contributed by atoms with Crippen LogP contribution in [0.25, 0.3) is 0 Å². The van der Waals surface area contributed by atoms with Crippen molar-refractivity contribution in [3.05, 3.63) is 66.0 Å². The van der Waals surface area contributed by atoms with Gasteiger partial charge < -0.3 is 9.80 Å². The van der Waals surface area contributed by atoms with Crippen molar-refractivity contribution in [1.29, 1.82) is 0 Å². The Morgan fingerprint density at radius 2 is 1.85 bits per heavy atom. The SMILES string of the molecule is CN1CCCCC[C@@H]2[C@@H]1[C@H](c1ccccc1)CN2C(=O)c1ccccn1. The second-order valence-electron chi connectivity index (χ2n) is 7.58. The number of nitrogens with zero attached hydrogens (tertiary/aromatic N) is 3. The van der Waals surface area contributed by atoms with Crippen LogP contribution in [-0.4, -0.2) is 52.9 Å². The van der Waals surface area contributed by atoms with Gasteiger partial charge in [0, 0.05) is 30.7 Å². The van der Waals surface area contributed by atoms with Gasteiger partial charge in [0.15, 0.2) is 0 Å². The molecule has 2 aliphatic heterocycles. The van der Waals surface area contributed by atoms with Gasteiger partial charge in [-0.15, -0.1) is 0 Å². The molecule has 4 heteroatoms. The molecule has 1 amide bonds. The fourth-order valence-electron chi connectivity index (χ4n) is 4.75. The van der Waals surface area contributed by atoms with Crippen LogP contribution < -0.4 is 0 Å². The predicted molar refractivity (Wildman–Crippen MR) is 103 cm³/mol. The van der Waals surface area contributed by atoms with Crippen LogP contribution >= 0.6 is 0 Å². The van der Waals surface area contributed by atoms with Gasteiger partial charge in [0.05, 0.1) is 0 Å². The van der Waals surface area contributed by atoms with Crippen LogP contribution in [0.1, 0.15) is 47.7 Å². The summed E-state index contributed by atoms with van der Waals surface area (Å²) >= 11 is 0. The van der Waals surface area contributed by atoms with Crippen LogP contribution in [0.5, 0.6) is 0 Å². The number of fused-ring (bicyclic) bond motifs is 1. The Balaban J connectivity index is 1.69. The summed E-state index contributed by atoms with van der Waals surface area (Å²) in [4.78, 5) is 22.1. The van der Waals surface area contributed by atoms with Crippen LogP contribution in [0.15, 0.2) is 54.7 Å². The molecular weight excluding hydrogens is 322 g/mol. The third-order valence-electron chi connectivity index (χ3n) is 5.99. The summed E-state index contributed by atoms with van der Waals surface area (Å²) in [6.07, 6.45) is 6.48. The monoisotopic (exact) mass is 349 g/mol. The normalized spacial score (nSPS) is 26.8. The minimum Gasteiger partial charge on any atom is -0.332 e. The lowest BCUT2D eigenvalue weighted by Crippen LogP contribution is -2.47. The number of rotatable bonds is 2. The summed E-state index contributed by atoms with van der Waals surface area (Å²) in [6.45, 7) is 1.88. The number of carbonyl (C=O) groups excluding carboxylic acids is 1. The molecule has 0 saturated carbocycles. The van der Waals surface area contributed by atoms with Crippen LogP contribution in [0.4, 0.5) is 0 Å². The summed E-state index contributed by atoms with van der Waals surface area (Å²) in [7, 11) is 2.23. The zero-order chi connectivity index (χ0) is 17.9. The number of likely N-dealkylation sites (N-methyl/N-ethyl adjacent to an activating group) is 1. The van der Waals surface area contributed by atoms with Crippen LogP contribution in [0.2, 0.25) is 0 Å². The zero-order valence-electron chi connectivity index (χ0n) is 15.4. The highest BCUT2D eigenvalue weighted by atomic mass is 16.2. The smallest absolute Gasteiger partial charge is 0.272 e. The van der Waals surface area contributed by atoms with E-state index < -0.39 is 0 Å². The van der Waals surface area contributed by atoms with Crippen molar-refractivity contribution in [1.82, 2.24) is 14.8 Å². The van der Waals surface area contributed by atoms with Crippen molar-refractivity contribution < 1.29 is 4.79 Å². The minimum atomic E-state index is 0.0769. The van der Waals surface area contributed by atoms with E-state index in [1.807, 2.05) is 18.2 Å². The first-order valence-corrected chi connectivity index (χ1v) is 9.73. The zero-order valence-corrected chi connectivity index (χ0v) is 15.4. The van der Waals surface area contributed by atoms with E-state index >= 15 is 0 Å². The maximum Gasteiger partial charge on any atom is 0.272 e. The van der Waals surface area contributed by atoms with Crippen LogP contribution in [0, 0.1) is 0 Å². The van der Waals surface area contributed by atoms with Crippen molar-refractivity contribution in [2.24, 2.45) is 0 Å². The van der Waals surface area contributed by atoms with Crippen molar-refractivity contribution in [3.8, 4) is 0 Å². The maximum atomic E-state index is 13.2. The van der Waals surface area contributed by atoms with Gasteiger partial charge in [0.1, 0.15) is 5.69 Å². The van der Waals surface area contributed by atoms with Gasteiger partial charge in [-0.3, -0.25) is 9.78 Å². The van der Waals surface area contributed by atoms with E-state index in [2.05, 4.69) is 52.2 Å². The lowest BCUT2D eigenvalue weighted by molar-refractivity contribution is 0.0663. The Hall–Kier alpha value is -2.20. The van der Waals surface area contributed by atoms with E-state index in [1.165, 1.54) is 24.8 Å². The van der Waals surface area contributed by atoms with Crippen molar-refractivity contribution in [2.45, 2.75) is 43.7 Å². The molecule has 0 aliphatic carbocycles. The quantitative estimate of drug-likeness (QED) is 0.832. The topological polar surface area (TPSA) is 36.4 Å². The molecule has 26 heavy (non-hydrogen) atoms. The molecule has 3 heterocycles. The van der Waals surface area contributed by atoms with Crippen molar-refractivity contribution in [3.63, 3.8) is 0 Å². The van der Waals surface area contributed by atoms with Gasteiger partial charge in [-0.2, -0.15) is 0 Å². The summed E-state index contributed by atoms with van der Waals surface area (Å²) in [6, 6.07) is 16.9. The highest BCUT2D eigenvalue weighted by Gasteiger charge is 2.46. The van der Waals surface area contributed by atoms with E-state index in [9.17, 15) is 4.79 Å². The molecule has 136 valence electrons. The average Bonchev–Trinajstić information content (AvgIpc) is 3.05. The number of amides is 1. The van der Waals surface area contributed by atoms with Gasteiger partial charge in [-0.1, -0.05) is 49.2 Å². The number of carbonyl (C=O) groups is 1. The third kappa shape index (κ3) is 3.26. The van der Waals surface area contributed by atoms with Gasteiger partial charge in [-0.25, -0.2) is 0 Å². The van der Waals surface area contributed by atoms with Crippen molar-refractivity contribution in [2.75, 3.05) is 20.1 Å². The molecule has 0 radical (unpaired) electrons. The Labute approximate surface area is 155 Å². The average molecular weight is 349 g/mol. The molecule has 1 aromatic heterocycles. The Kier molecular flexibility index (Phi) is 5.02. The molecule has 1 aromatic carbocycles. The number of hydrogen-bond donors (Lipinski definition) is 0. The number of pyridine rings is 1. The molecule has 4 rings (SSSR count). The van der Waals surface area contributed by atoms with E-state index in [0.29, 0.717) is 17.7 Å². The minimum absolute atomic E-state index is 0.0769. The third-order valence-corrected chi connectivity index (χ3v) is 5.99. The number of aromatic nitrogens is 1. The molecule has 4 nitrogen and oxygen atoms in total. The van der Waals surface area contributed by atoms with E-state index in [4.69, 9.17) is 0 Å². The summed E-state index contributed by atoms with van der Waals surface area (Å²) in [5.74, 6) is 0.435. The second-order valence-corrected chi connectivity index (χ2v) is 7.58. The van der Waals surface area contributed by atoms with Crippen LogP contribution in [0.3, 0.4) is 0 Å². The van der Waals surface area contributed by atoms with Gasteiger partial charge in [0.25, 0.3) is 5.91 Å². The summed E-state index contributed by atoms with van der Waals surface area (Å²) < 4.78 is 0. The summed E-state index contributed by atoms with van der Waals surface area (Å²) in [5, 5.41) is 0. The molecule has 3 atom stereocenters. The molecule has 0 N–H and O–H groups in total. The fourth-order valence-corrected chi connectivity index (χ4v) is 4.75. The Morgan fingerprint density at radius 1 is 1.04 bits per heavy atom. The van der Waals surface area contributed by atoms with Gasteiger partial charge >= 0.3 is 0 Å². The van der Waals surface area contributed by atoms with Crippen molar-refractivity contribution >= 4 is 5.91 Å². The van der Waals surface area contributed by atoms with E-state index in [1.54, 1.807) is 6.20 Å². The second kappa shape index (κ2) is 7.58. The molecule has 2 saturated heterocycles. The molecule has 0 unspecified atom stereocenters. The standard InChI is InChI=1S/C22H27N3O/c1-24-15-9-3-6-13-20-21(24)18(17-10-4-2-5-11-17)16-25(20)22(26)19-12-7-8-14-23-19/h2,4-5,7-8,10-12,14,18,20-21H,3,6,9,13,15-16H2,1H3/t18-,20+,21-/m0/s1. The molecule has 0 spiro atoms.